The smallest absolute Gasteiger partial charge is 0.195 e. The number of methoxy groups -OCH3 is 1. The number of pyridine rings is 1. The number of Topliss-reactive ketones (excluding diaryl/α,β-unsaturated/α-hetero) is 1. The second-order valence-electron chi connectivity index (χ2n) is 2.60. The molecule has 5 heteroatoms. The molecular weight excluding hydrogens is 206 g/mol. The van der Waals surface area contributed by atoms with Crippen molar-refractivity contribution in [2.45, 2.75) is 0 Å². The molecule has 0 fully saturated rings. The molecule has 0 amide bonds. The van der Waals surface area contributed by atoms with E-state index in [0.29, 0.717) is 10.8 Å². The third-order valence-corrected chi connectivity index (χ3v) is 1.59. The van der Waals surface area contributed by atoms with Crippen LogP contribution in [0.4, 0.5) is 0 Å². The average molecular weight is 216 g/mol. The number of carbonyl (C=O) groups is 1. The van der Waals surface area contributed by atoms with E-state index < -0.39 is 0 Å². The second kappa shape index (κ2) is 5.57. The van der Waals surface area contributed by atoms with Crippen molar-refractivity contribution in [2.24, 2.45) is 0 Å². The molecule has 0 saturated heterocycles. The van der Waals surface area contributed by atoms with E-state index >= 15 is 0 Å². The zero-order valence-corrected chi connectivity index (χ0v) is 8.45. The standard InChI is InChI=1S/C9H10ClNO3/c1-13-5-8(12)6-14-9-2-7(10)3-11-4-9/h2-4H,5-6H2,1H3. The summed E-state index contributed by atoms with van der Waals surface area (Å²) in [6.45, 7) is 0.0177. The Bertz CT molecular complexity index is 317. The zero-order valence-electron chi connectivity index (χ0n) is 7.70. The molecule has 0 N–H and O–H groups in total. The van der Waals surface area contributed by atoms with E-state index in [4.69, 9.17) is 16.3 Å². The van der Waals surface area contributed by atoms with Crippen molar-refractivity contribution in [2.75, 3.05) is 20.3 Å². The van der Waals surface area contributed by atoms with Crippen LogP contribution in [0.15, 0.2) is 18.5 Å². The van der Waals surface area contributed by atoms with Crippen molar-refractivity contribution >= 4 is 17.4 Å². The van der Waals surface area contributed by atoms with Gasteiger partial charge in [0.2, 0.25) is 0 Å². The highest BCUT2D eigenvalue weighted by Gasteiger charge is 2.02. The number of carbonyl (C=O) groups excluding carboxylic acids is 1. The molecule has 0 aliphatic carbocycles. The van der Waals surface area contributed by atoms with E-state index in [9.17, 15) is 4.79 Å². The molecular formula is C9H10ClNO3. The highest BCUT2D eigenvalue weighted by molar-refractivity contribution is 6.30. The summed E-state index contributed by atoms with van der Waals surface area (Å²) in [6, 6.07) is 1.59. The van der Waals surface area contributed by atoms with Crippen LogP contribution in [0.3, 0.4) is 0 Å². The van der Waals surface area contributed by atoms with Gasteiger partial charge in [0.1, 0.15) is 19.0 Å². The summed E-state index contributed by atoms with van der Waals surface area (Å²) in [5.41, 5.74) is 0. The van der Waals surface area contributed by atoms with Gasteiger partial charge in [-0.15, -0.1) is 0 Å². The number of aromatic nitrogens is 1. The van der Waals surface area contributed by atoms with Crippen LogP contribution in [0.25, 0.3) is 0 Å². The summed E-state index contributed by atoms with van der Waals surface area (Å²) in [5.74, 6) is 0.342. The lowest BCUT2D eigenvalue weighted by Gasteiger charge is -2.04. The Kier molecular flexibility index (Phi) is 4.35. The molecule has 0 saturated carbocycles. The zero-order chi connectivity index (χ0) is 10.4. The first-order chi connectivity index (χ1) is 6.72. The molecule has 0 radical (unpaired) electrons. The van der Waals surface area contributed by atoms with Gasteiger partial charge in [-0.05, 0) is 0 Å². The minimum Gasteiger partial charge on any atom is -0.484 e. The quantitative estimate of drug-likeness (QED) is 0.744. The van der Waals surface area contributed by atoms with Crippen LogP contribution in [-0.2, 0) is 9.53 Å². The molecule has 76 valence electrons. The second-order valence-corrected chi connectivity index (χ2v) is 3.04. The van der Waals surface area contributed by atoms with Crippen LogP contribution in [0.5, 0.6) is 5.75 Å². The van der Waals surface area contributed by atoms with E-state index in [0.717, 1.165) is 0 Å². The third-order valence-electron chi connectivity index (χ3n) is 1.38. The number of ether oxygens (including phenoxy) is 2. The van der Waals surface area contributed by atoms with Crippen LogP contribution in [-0.4, -0.2) is 31.1 Å². The molecule has 0 aliphatic heterocycles. The van der Waals surface area contributed by atoms with Gasteiger partial charge in [-0.25, -0.2) is 0 Å². The number of hydrogen-bond donors (Lipinski definition) is 0. The van der Waals surface area contributed by atoms with Crippen LogP contribution in [0, 0.1) is 0 Å². The molecule has 0 aromatic carbocycles. The minimum absolute atomic E-state index is 0.0319. The van der Waals surface area contributed by atoms with Crippen LogP contribution in [0.2, 0.25) is 5.02 Å². The summed E-state index contributed by atoms with van der Waals surface area (Å²) in [5, 5.41) is 0.474. The highest BCUT2D eigenvalue weighted by Crippen LogP contribution is 2.14. The first kappa shape index (κ1) is 10.9. The molecule has 1 aromatic rings. The monoisotopic (exact) mass is 215 g/mol. The lowest BCUT2D eigenvalue weighted by molar-refractivity contribution is -0.124. The fourth-order valence-electron chi connectivity index (χ4n) is 0.838. The van der Waals surface area contributed by atoms with Gasteiger partial charge in [-0.2, -0.15) is 0 Å². The summed E-state index contributed by atoms with van der Waals surface area (Å²) in [4.78, 5) is 14.8. The van der Waals surface area contributed by atoms with E-state index in [1.165, 1.54) is 19.5 Å². The summed E-state index contributed by atoms with van der Waals surface area (Å²) < 4.78 is 9.77. The van der Waals surface area contributed by atoms with Crippen molar-refractivity contribution in [1.29, 1.82) is 0 Å². The molecule has 1 heterocycles. The summed E-state index contributed by atoms with van der Waals surface area (Å²) in [7, 11) is 1.46. The molecule has 0 unspecified atom stereocenters. The summed E-state index contributed by atoms with van der Waals surface area (Å²) >= 11 is 5.67. The number of halogens is 1. The maximum atomic E-state index is 11.0. The predicted octanol–water partition coefficient (Wildman–Crippen LogP) is 1.33. The van der Waals surface area contributed by atoms with Crippen molar-refractivity contribution in [1.82, 2.24) is 4.98 Å². The molecule has 14 heavy (non-hydrogen) atoms. The van der Waals surface area contributed by atoms with Gasteiger partial charge in [0.05, 0.1) is 11.2 Å². The van der Waals surface area contributed by atoms with E-state index in [-0.39, 0.29) is 19.0 Å². The van der Waals surface area contributed by atoms with Gasteiger partial charge in [0.15, 0.2) is 5.78 Å². The van der Waals surface area contributed by atoms with Crippen molar-refractivity contribution in [3.63, 3.8) is 0 Å². The molecule has 0 spiro atoms. The molecule has 0 bridgehead atoms. The van der Waals surface area contributed by atoms with Gasteiger partial charge in [0.25, 0.3) is 0 Å². The minimum atomic E-state index is -0.132. The number of hydrogen-bond acceptors (Lipinski definition) is 4. The van der Waals surface area contributed by atoms with Crippen LogP contribution < -0.4 is 4.74 Å². The Morgan fingerprint density at radius 3 is 2.93 bits per heavy atom. The van der Waals surface area contributed by atoms with Crippen LogP contribution in [0.1, 0.15) is 0 Å². The highest BCUT2D eigenvalue weighted by atomic mass is 35.5. The van der Waals surface area contributed by atoms with E-state index in [1.54, 1.807) is 6.07 Å². The largest absolute Gasteiger partial charge is 0.484 e. The van der Waals surface area contributed by atoms with Gasteiger partial charge >= 0.3 is 0 Å². The van der Waals surface area contributed by atoms with E-state index in [2.05, 4.69) is 9.72 Å². The Morgan fingerprint density at radius 2 is 2.29 bits per heavy atom. The fourth-order valence-corrected chi connectivity index (χ4v) is 1.00. The van der Waals surface area contributed by atoms with Gasteiger partial charge in [0, 0.05) is 19.4 Å². The average Bonchev–Trinajstić information content (AvgIpc) is 2.15. The topological polar surface area (TPSA) is 48.4 Å². The van der Waals surface area contributed by atoms with Crippen molar-refractivity contribution in [3.05, 3.63) is 23.5 Å². The number of ketones is 1. The van der Waals surface area contributed by atoms with Gasteiger partial charge < -0.3 is 9.47 Å². The number of nitrogens with zero attached hydrogens (tertiary/aromatic N) is 1. The Labute approximate surface area is 86.8 Å². The van der Waals surface area contributed by atoms with Gasteiger partial charge in [-0.1, -0.05) is 11.6 Å². The first-order valence-electron chi connectivity index (χ1n) is 3.96. The third kappa shape index (κ3) is 3.72. The molecule has 1 aromatic heterocycles. The SMILES string of the molecule is COCC(=O)COc1cncc(Cl)c1. The lowest BCUT2D eigenvalue weighted by atomic mass is 10.4. The van der Waals surface area contributed by atoms with Crippen LogP contribution >= 0.6 is 11.6 Å². The molecule has 4 nitrogen and oxygen atoms in total. The Hall–Kier alpha value is -1.13. The summed E-state index contributed by atoms with van der Waals surface area (Å²) in [6.07, 6.45) is 2.98. The first-order valence-corrected chi connectivity index (χ1v) is 4.34. The maximum absolute atomic E-state index is 11.0. The molecule has 0 aliphatic rings. The Morgan fingerprint density at radius 1 is 1.50 bits per heavy atom. The molecule has 1 rings (SSSR count). The predicted molar refractivity (Wildman–Crippen MR) is 51.6 cm³/mol. The maximum Gasteiger partial charge on any atom is 0.195 e. The number of rotatable bonds is 5. The van der Waals surface area contributed by atoms with E-state index in [1.807, 2.05) is 0 Å². The van der Waals surface area contributed by atoms with Crippen molar-refractivity contribution < 1.29 is 14.3 Å². The normalized spacial score (nSPS) is 9.86. The van der Waals surface area contributed by atoms with Crippen molar-refractivity contribution in [3.8, 4) is 5.75 Å². The Balaban J connectivity index is 2.41. The lowest BCUT2D eigenvalue weighted by Crippen LogP contribution is -2.16. The fraction of sp³-hybridized carbons (Fsp3) is 0.333. The molecule has 0 atom stereocenters. The van der Waals surface area contributed by atoms with Gasteiger partial charge in [-0.3, -0.25) is 9.78 Å².